The second-order valence-corrected chi connectivity index (χ2v) is 7.17. The van der Waals surface area contributed by atoms with Crippen molar-refractivity contribution in [1.82, 2.24) is 19.5 Å². The molecule has 0 spiro atoms. The smallest absolute Gasteiger partial charge is 0.322 e. The van der Waals surface area contributed by atoms with E-state index < -0.39 is 11.2 Å². The third kappa shape index (κ3) is 3.45. The summed E-state index contributed by atoms with van der Waals surface area (Å²) >= 11 is 0. The maximum atomic E-state index is 12.3. The molecule has 6 heteroatoms. The van der Waals surface area contributed by atoms with Gasteiger partial charge in [0.1, 0.15) is 0 Å². The van der Waals surface area contributed by atoms with Crippen LogP contribution in [0.25, 0.3) is 22.6 Å². The van der Waals surface area contributed by atoms with Crippen LogP contribution in [0.2, 0.25) is 0 Å². The topological polar surface area (TPSA) is 80.6 Å². The maximum absolute atomic E-state index is 12.3. The first-order valence-corrected chi connectivity index (χ1v) is 9.49. The molecule has 0 unspecified atom stereocenters. The van der Waals surface area contributed by atoms with Crippen LogP contribution in [0.3, 0.4) is 0 Å². The number of H-pyrrole nitrogens is 1. The summed E-state index contributed by atoms with van der Waals surface area (Å²) in [6.07, 6.45) is 2.89. The number of unbranched alkanes of at least 4 members (excludes halogenated alkanes) is 1. The standard InChI is InChI=1S/C22H22N4O2/c1-14-12-17-18(13-15(14)2)26(11-7-6-10-16-8-4-3-5-9-16)20-19(23-17)21(27)25-22(28)24-20/h3-5,8-9,12-13H,6-7,10-11H2,1-2H3,(H,25,27,28). The lowest BCUT2D eigenvalue weighted by molar-refractivity contribution is 0.615. The number of fused-ring (bicyclic) bond motifs is 2. The molecule has 6 nitrogen and oxygen atoms in total. The summed E-state index contributed by atoms with van der Waals surface area (Å²) in [7, 11) is 0. The van der Waals surface area contributed by atoms with Crippen molar-refractivity contribution in [3.63, 3.8) is 0 Å². The minimum absolute atomic E-state index is 0.207. The van der Waals surface area contributed by atoms with Crippen molar-refractivity contribution in [3.05, 3.63) is 80.0 Å². The van der Waals surface area contributed by atoms with Gasteiger partial charge >= 0.3 is 5.69 Å². The van der Waals surface area contributed by atoms with Crippen LogP contribution in [0.15, 0.2) is 52.1 Å². The molecule has 2 aliphatic rings. The highest BCUT2D eigenvalue weighted by Crippen LogP contribution is 2.24. The molecule has 0 radical (unpaired) electrons. The van der Waals surface area contributed by atoms with Crippen LogP contribution in [0, 0.1) is 13.8 Å². The number of nitrogens with zero attached hydrogens (tertiary/aromatic N) is 3. The van der Waals surface area contributed by atoms with E-state index in [0.717, 1.165) is 41.4 Å². The molecule has 1 N–H and O–H groups in total. The summed E-state index contributed by atoms with van der Waals surface area (Å²) in [4.78, 5) is 34.9. The summed E-state index contributed by atoms with van der Waals surface area (Å²) < 4.78 is 1.96. The number of rotatable bonds is 5. The van der Waals surface area contributed by atoms with Crippen molar-refractivity contribution in [2.75, 3.05) is 0 Å². The van der Waals surface area contributed by atoms with E-state index in [2.05, 4.69) is 33.2 Å². The van der Waals surface area contributed by atoms with Gasteiger partial charge in [0.2, 0.25) is 0 Å². The van der Waals surface area contributed by atoms with E-state index in [4.69, 9.17) is 0 Å². The van der Waals surface area contributed by atoms with Gasteiger partial charge in [-0.15, -0.1) is 0 Å². The minimum atomic E-state index is -0.638. The summed E-state index contributed by atoms with van der Waals surface area (Å²) in [6.45, 7) is 4.73. The molecular formula is C22H22N4O2. The number of hydrogen-bond donors (Lipinski definition) is 1. The molecule has 2 aromatic rings. The van der Waals surface area contributed by atoms with Crippen LogP contribution in [0.5, 0.6) is 0 Å². The molecule has 0 aliphatic carbocycles. The van der Waals surface area contributed by atoms with E-state index in [0.29, 0.717) is 12.4 Å². The van der Waals surface area contributed by atoms with Gasteiger partial charge in [-0.3, -0.25) is 9.78 Å². The highest BCUT2D eigenvalue weighted by molar-refractivity contribution is 5.81. The van der Waals surface area contributed by atoms with E-state index in [9.17, 15) is 9.59 Å². The zero-order valence-electron chi connectivity index (χ0n) is 16.0. The lowest BCUT2D eigenvalue weighted by Crippen LogP contribution is -2.29. The van der Waals surface area contributed by atoms with Gasteiger partial charge in [0.05, 0.1) is 11.0 Å². The van der Waals surface area contributed by atoms with Gasteiger partial charge in [-0.2, -0.15) is 4.98 Å². The van der Waals surface area contributed by atoms with Gasteiger partial charge in [0.15, 0.2) is 11.5 Å². The predicted octanol–water partition coefficient (Wildman–Crippen LogP) is 3.22. The van der Waals surface area contributed by atoms with Crippen LogP contribution in [0.1, 0.15) is 29.5 Å². The fourth-order valence-corrected chi connectivity index (χ4v) is 3.52. The molecule has 0 saturated carbocycles. The second kappa shape index (κ2) is 7.38. The van der Waals surface area contributed by atoms with Crippen LogP contribution in [0.4, 0.5) is 0 Å². The number of aromatic nitrogens is 4. The zero-order valence-corrected chi connectivity index (χ0v) is 16.0. The molecule has 0 aromatic heterocycles. The van der Waals surface area contributed by atoms with Gasteiger partial charge in [0.25, 0.3) is 5.56 Å². The van der Waals surface area contributed by atoms with Gasteiger partial charge in [-0.05, 0) is 61.9 Å². The second-order valence-electron chi connectivity index (χ2n) is 7.17. The van der Waals surface area contributed by atoms with Crippen molar-refractivity contribution in [2.45, 2.75) is 39.7 Å². The van der Waals surface area contributed by atoms with E-state index in [-0.39, 0.29) is 5.69 Å². The van der Waals surface area contributed by atoms with Crippen LogP contribution >= 0.6 is 0 Å². The Bertz CT molecular complexity index is 1230. The Morgan fingerprint density at radius 1 is 0.964 bits per heavy atom. The molecule has 2 aliphatic heterocycles. The summed E-state index contributed by atoms with van der Waals surface area (Å²) in [5, 5.41) is 0. The fourth-order valence-electron chi connectivity index (χ4n) is 3.52. The highest BCUT2D eigenvalue weighted by Gasteiger charge is 2.18. The third-order valence-corrected chi connectivity index (χ3v) is 5.16. The van der Waals surface area contributed by atoms with Crippen LogP contribution in [-0.2, 0) is 13.0 Å². The minimum Gasteiger partial charge on any atom is -0.322 e. The summed E-state index contributed by atoms with van der Waals surface area (Å²) in [6, 6.07) is 14.4. The highest BCUT2D eigenvalue weighted by atomic mass is 16.2. The molecule has 142 valence electrons. The number of nitrogens with one attached hydrogen (secondary N) is 1. The van der Waals surface area contributed by atoms with E-state index >= 15 is 0 Å². The number of aromatic amines is 1. The van der Waals surface area contributed by atoms with Gasteiger partial charge in [-0.25, -0.2) is 9.78 Å². The SMILES string of the molecule is Cc1cc2nc3c(=O)[nH]c(=O)nc-3n(CCCCc3ccccc3)c2cc1C. The first-order chi connectivity index (χ1) is 13.5. The first kappa shape index (κ1) is 18.1. The molecule has 0 atom stereocenters. The largest absolute Gasteiger partial charge is 0.349 e. The van der Waals surface area contributed by atoms with Crippen molar-refractivity contribution in [2.24, 2.45) is 0 Å². The van der Waals surface area contributed by atoms with Crippen molar-refractivity contribution in [3.8, 4) is 11.5 Å². The lowest BCUT2D eigenvalue weighted by atomic mass is 10.1. The Morgan fingerprint density at radius 2 is 1.71 bits per heavy atom. The first-order valence-electron chi connectivity index (χ1n) is 9.49. The summed E-state index contributed by atoms with van der Waals surface area (Å²) in [5.74, 6) is 0.351. The van der Waals surface area contributed by atoms with Crippen molar-refractivity contribution in [1.29, 1.82) is 0 Å². The van der Waals surface area contributed by atoms with Gasteiger partial charge in [0, 0.05) is 6.54 Å². The van der Waals surface area contributed by atoms with Gasteiger partial charge < -0.3 is 4.57 Å². The van der Waals surface area contributed by atoms with E-state index in [1.807, 2.05) is 42.7 Å². The molecule has 0 fully saturated rings. The molecule has 0 bridgehead atoms. The van der Waals surface area contributed by atoms with Crippen molar-refractivity contribution >= 4 is 11.0 Å². The Morgan fingerprint density at radius 3 is 2.50 bits per heavy atom. The molecule has 28 heavy (non-hydrogen) atoms. The maximum Gasteiger partial charge on any atom is 0.349 e. The zero-order chi connectivity index (χ0) is 19.7. The Kier molecular flexibility index (Phi) is 4.77. The number of aryl methyl sites for hydroxylation is 4. The van der Waals surface area contributed by atoms with E-state index in [1.165, 1.54) is 5.56 Å². The average molecular weight is 374 g/mol. The molecule has 0 amide bonds. The van der Waals surface area contributed by atoms with Crippen LogP contribution in [-0.4, -0.2) is 19.5 Å². The molecule has 4 rings (SSSR count). The Labute approximate surface area is 162 Å². The average Bonchev–Trinajstić information content (AvgIpc) is 2.67. The number of benzene rings is 2. The van der Waals surface area contributed by atoms with Gasteiger partial charge in [-0.1, -0.05) is 30.3 Å². The number of hydrogen-bond acceptors (Lipinski definition) is 4. The lowest BCUT2D eigenvalue weighted by Gasteiger charge is -2.17. The summed E-state index contributed by atoms with van der Waals surface area (Å²) in [5.41, 5.74) is 4.27. The third-order valence-electron chi connectivity index (χ3n) is 5.16. The fraction of sp³-hybridized carbons (Fsp3) is 0.273. The monoisotopic (exact) mass is 374 g/mol. The van der Waals surface area contributed by atoms with Crippen molar-refractivity contribution < 1.29 is 0 Å². The normalized spacial score (nSPS) is 11.4. The molecule has 2 heterocycles. The van der Waals surface area contributed by atoms with Crippen LogP contribution < -0.4 is 11.2 Å². The predicted molar refractivity (Wildman–Crippen MR) is 110 cm³/mol. The molecule has 0 saturated heterocycles. The van der Waals surface area contributed by atoms with E-state index in [1.54, 1.807) is 0 Å². The molecular weight excluding hydrogens is 352 g/mol. The Hall–Kier alpha value is -3.28. The molecule has 2 aromatic carbocycles. The Balaban J connectivity index is 1.74. The quantitative estimate of drug-likeness (QED) is 0.430.